The van der Waals surface area contributed by atoms with Gasteiger partial charge in [-0.1, -0.05) is 0 Å². The Balaban J connectivity index is 2.07. The maximum Gasteiger partial charge on any atom is 0.0677 e. The lowest BCUT2D eigenvalue weighted by Gasteiger charge is -2.10. The van der Waals surface area contributed by atoms with Crippen LogP contribution in [0.2, 0.25) is 0 Å². The molecule has 0 saturated carbocycles. The van der Waals surface area contributed by atoms with Crippen LogP contribution in [0, 0.1) is 0 Å². The van der Waals surface area contributed by atoms with Crippen LogP contribution in [-0.4, -0.2) is 29.6 Å². The number of hydrogen-bond donors (Lipinski definition) is 0. The number of fused-ring (bicyclic) bond motifs is 1. The van der Waals surface area contributed by atoms with Gasteiger partial charge in [0.1, 0.15) is 0 Å². The van der Waals surface area contributed by atoms with Gasteiger partial charge in [0.05, 0.1) is 11.6 Å². The molecule has 0 fully saturated rings. The summed E-state index contributed by atoms with van der Waals surface area (Å²) in [5.74, 6) is 0. The first-order valence-electron chi connectivity index (χ1n) is 3.62. The average Bonchev–Trinajstić information content (AvgIpc) is 2.28. The third kappa shape index (κ3) is 1.10. The predicted molar refractivity (Wildman–Crippen MR) is 46.3 cm³/mol. The Bertz CT molecular complexity index is 176. The van der Waals surface area contributed by atoms with Crippen molar-refractivity contribution < 1.29 is 0 Å². The average molecular weight is 154 g/mol. The molecule has 2 aliphatic heterocycles. The van der Waals surface area contributed by atoms with Crippen molar-refractivity contribution in [1.29, 1.82) is 0 Å². The van der Waals surface area contributed by atoms with Crippen LogP contribution in [0.25, 0.3) is 0 Å². The Morgan fingerprint density at radius 1 is 1.50 bits per heavy atom. The zero-order valence-electron chi connectivity index (χ0n) is 5.73. The van der Waals surface area contributed by atoms with Gasteiger partial charge in [0.2, 0.25) is 0 Å². The Kier molecular flexibility index (Phi) is 1.76. The van der Waals surface area contributed by atoms with E-state index in [1.165, 1.54) is 6.42 Å². The number of hydrogen-bond acceptors (Lipinski definition) is 3. The van der Waals surface area contributed by atoms with Gasteiger partial charge in [-0.2, -0.15) is 0 Å². The summed E-state index contributed by atoms with van der Waals surface area (Å²) < 4.78 is 0. The van der Waals surface area contributed by atoms with Crippen molar-refractivity contribution in [2.75, 3.05) is 6.54 Å². The van der Waals surface area contributed by atoms with Gasteiger partial charge in [-0.3, -0.25) is 9.98 Å². The summed E-state index contributed by atoms with van der Waals surface area (Å²) in [4.78, 5) is 8.61. The van der Waals surface area contributed by atoms with Gasteiger partial charge >= 0.3 is 0 Å². The Hall–Kier alpha value is -0.310. The number of thioether (sulfide) groups is 1. The second-order valence-corrected chi connectivity index (χ2v) is 3.70. The van der Waals surface area contributed by atoms with Crippen LogP contribution in [-0.2, 0) is 0 Å². The lowest BCUT2D eigenvalue weighted by Crippen LogP contribution is -2.16. The fourth-order valence-electron chi connectivity index (χ4n) is 1.33. The lowest BCUT2D eigenvalue weighted by atomic mass is 10.1. The van der Waals surface area contributed by atoms with Crippen molar-refractivity contribution >= 4 is 23.5 Å². The molecule has 0 aromatic carbocycles. The summed E-state index contributed by atoms with van der Waals surface area (Å²) in [7, 11) is 0. The van der Waals surface area contributed by atoms with Gasteiger partial charge < -0.3 is 0 Å². The molecule has 0 N–H and O–H groups in total. The number of rotatable bonds is 0. The van der Waals surface area contributed by atoms with Crippen molar-refractivity contribution in [1.82, 2.24) is 0 Å². The van der Waals surface area contributed by atoms with Gasteiger partial charge in [0.25, 0.3) is 0 Å². The molecule has 2 atom stereocenters. The van der Waals surface area contributed by atoms with E-state index in [1.54, 1.807) is 0 Å². The Labute approximate surface area is 64.8 Å². The van der Waals surface area contributed by atoms with E-state index in [-0.39, 0.29) is 0 Å². The maximum atomic E-state index is 4.36. The van der Waals surface area contributed by atoms with E-state index in [0.29, 0.717) is 6.04 Å². The molecule has 2 nitrogen and oxygen atoms in total. The van der Waals surface area contributed by atoms with Crippen LogP contribution in [0.4, 0.5) is 0 Å². The zero-order chi connectivity index (χ0) is 6.81. The van der Waals surface area contributed by atoms with E-state index in [1.807, 2.05) is 23.5 Å². The summed E-state index contributed by atoms with van der Waals surface area (Å²) in [6, 6.07) is 0.538. The van der Waals surface area contributed by atoms with E-state index in [0.717, 1.165) is 18.2 Å². The van der Waals surface area contributed by atoms with Crippen LogP contribution in [0.5, 0.6) is 0 Å². The van der Waals surface area contributed by atoms with Crippen LogP contribution >= 0.6 is 11.8 Å². The summed E-state index contributed by atoms with van der Waals surface area (Å²) in [5, 5.41) is 0.725. The van der Waals surface area contributed by atoms with Crippen LogP contribution in [0.3, 0.4) is 0 Å². The Morgan fingerprint density at radius 2 is 2.50 bits per heavy atom. The molecule has 0 amide bonds. The molecule has 0 spiro atoms. The first-order chi connectivity index (χ1) is 4.97. The first-order valence-corrected chi connectivity index (χ1v) is 4.56. The minimum absolute atomic E-state index is 0.538. The molecule has 54 valence electrons. The second-order valence-electron chi connectivity index (χ2n) is 2.61. The van der Waals surface area contributed by atoms with E-state index in [9.17, 15) is 0 Å². The fourth-order valence-corrected chi connectivity index (χ4v) is 2.31. The molecule has 10 heavy (non-hydrogen) atoms. The highest BCUT2D eigenvalue weighted by molar-refractivity contribution is 8.12. The quantitative estimate of drug-likeness (QED) is 0.517. The SMILES string of the molecule is C1=NCCC2SC=NC2C1. The maximum absolute atomic E-state index is 4.36. The van der Waals surface area contributed by atoms with Gasteiger partial charge in [-0.25, -0.2) is 0 Å². The van der Waals surface area contributed by atoms with Gasteiger partial charge in [-0.05, 0) is 6.42 Å². The van der Waals surface area contributed by atoms with Crippen molar-refractivity contribution in [3.05, 3.63) is 0 Å². The molecule has 2 aliphatic rings. The molecule has 2 heterocycles. The monoisotopic (exact) mass is 154 g/mol. The third-order valence-electron chi connectivity index (χ3n) is 1.94. The summed E-state index contributed by atoms with van der Waals surface area (Å²) in [5.41, 5.74) is 1.99. The normalized spacial score (nSPS) is 37.6. The van der Waals surface area contributed by atoms with Crippen LogP contribution in [0.1, 0.15) is 12.8 Å². The minimum atomic E-state index is 0.538. The topological polar surface area (TPSA) is 24.7 Å². The van der Waals surface area contributed by atoms with Crippen LogP contribution < -0.4 is 0 Å². The number of aliphatic imine (C=N–C) groups is 2. The number of nitrogens with zero attached hydrogens (tertiary/aromatic N) is 2. The molecule has 2 unspecified atom stereocenters. The molecule has 3 heteroatoms. The second kappa shape index (κ2) is 2.74. The Morgan fingerprint density at radius 3 is 3.50 bits per heavy atom. The highest BCUT2D eigenvalue weighted by atomic mass is 32.2. The highest BCUT2D eigenvalue weighted by Crippen LogP contribution is 2.27. The standard InChI is InChI=1S/C7H10N2S/c1-3-8-4-2-7-6(1)9-5-10-7/h3,5-7H,1-2,4H2. The molecule has 0 aliphatic carbocycles. The van der Waals surface area contributed by atoms with E-state index in [2.05, 4.69) is 9.98 Å². The van der Waals surface area contributed by atoms with Crippen LogP contribution in [0.15, 0.2) is 9.98 Å². The summed E-state index contributed by atoms with van der Waals surface area (Å²) in [6.45, 7) is 0.998. The fraction of sp³-hybridized carbons (Fsp3) is 0.714. The van der Waals surface area contributed by atoms with Gasteiger partial charge in [0.15, 0.2) is 0 Å². The molecule has 0 radical (unpaired) electrons. The third-order valence-corrected chi connectivity index (χ3v) is 3.08. The predicted octanol–water partition coefficient (Wildman–Crippen LogP) is 1.36. The first kappa shape index (κ1) is 6.40. The smallest absolute Gasteiger partial charge is 0.0677 e. The highest BCUT2D eigenvalue weighted by Gasteiger charge is 2.24. The van der Waals surface area contributed by atoms with Gasteiger partial charge in [0, 0.05) is 24.4 Å². The molecule has 0 aromatic rings. The minimum Gasteiger partial charge on any atom is -0.297 e. The lowest BCUT2D eigenvalue weighted by molar-refractivity contribution is 0.657. The summed E-state index contributed by atoms with van der Waals surface area (Å²) in [6.07, 6.45) is 4.27. The molecule has 2 rings (SSSR count). The molecular formula is C7H10N2S. The molecule has 0 saturated heterocycles. The zero-order valence-corrected chi connectivity index (χ0v) is 6.55. The van der Waals surface area contributed by atoms with E-state index < -0.39 is 0 Å². The van der Waals surface area contributed by atoms with Crippen molar-refractivity contribution in [2.24, 2.45) is 9.98 Å². The van der Waals surface area contributed by atoms with E-state index >= 15 is 0 Å². The van der Waals surface area contributed by atoms with E-state index in [4.69, 9.17) is 0 Å². The largest absolute Gasteiger partial charge is 0.297 e. The van der Waals surface area contributed by atoms with Crippen molar-refractivity contribution in [3.63, 3.8) is 0 Å². The summed E-state index contributed by atoms with van der Waals surface area (Å²) >= 11 is 1.87. The molecular weight excluding hydrogens is 144 g/mol. The molecule has 0 bridgehead atoms. The van der Waals surface area contributed by atoms with Crippen molar-refractivity contribution in [3.8, 4) is 0 Å². The molecule has 0 aromatic heterocycles. The van der Waals surface area contributed by atoms with Crippen molar-refractivity contribution in [2.45, 2.75) is 24.1 Å². The van der Waals surface area contributed by atoms with Gasteiger partial charge in [-0.15, -0.1) is 11.8 Å².